The van der Waals surface area contributed by atoms with E-state index in [1.807, 2.05) is 34.6 Å². The number of carbonyl (C=O) groups excluding carboxylic acids is 5. The Morgan fingerprint density at radius 2 is 0.414 bits per heavy atom. The number of carboxylic acid groups (broad SMARTS) is 5. The minimum atomic E-state index is -0.838. The van der Waals surface area contributed by atoms with E-state index < -0.39 is 56.9 Å². The van der Waals surface area contributed by atoms with Gasteiger partial charge in [0.25, 0.3) is 0 Å². The summed E-state index contributed by atoms with van der Waals surface area (Å²) in [6.07, 6.45) is 54.8. The SMILES string of the molecule is CC(C)C1=CC2=CC[C@@H]3[C@](C)(CCC[C@@]3(C)C(=O)[O-])[C@H]2CC1.CC(C)C1=CC2=CC[C@@H]3[C@](C)(CCC[C@@]3(C)C(=O)[O-])[C@H]2CC1.CC(C)C1=CC2=CC[C@@H]3[C@](C)(CCC[C@@]3(C)C(=O)[O-])[C@H]2CC1.CC(C)C1=CC2=CC[C@@H]3[C@](C)(CCC[C@@]3(C)C(=O)[O-])[C@H]2CC1.CC(C)C1=CC2=CC[C@@H]3[C@](C)(CCC[C@@]3(C)C(=O)[O-])[C@H]2CC1.[Nb+5]. The molecule has 0 aromatic carbocycles. The molecular formula is C100H145NbO10. The summed E-state index contributed by atoms with van der Waals surface area (Å²) >= 11 is 0. The molecule has 0 heterocycles. The fraction of sp³-hybridized carbons (Fsp3) is 0.750. The third kappa shape index (κ3) is 16.0. The zero-order chi connectivity index (χ0) is 80.6. The molecule has 0 N–H and O–H groups in total. The maximum absolute atomic E-state index is 11.8. The third-order valence-electron chi connectivity index (χ3n) is 35.2. The van der Waals surface area contributed by atoms with Crippen molar-refractivity contribution in [2.75, 3.05) is 0 Å². The number of aliphatic carboxylic acids is 5. The molecule has 15 rings (SSSR count). The van der Waals surface area contributed by atoms with Gasteiger partial charge in [-0.15, -0.1) is 0 Å². The first kappa shape index (κ1) is 88.8. The average molecular weight is 1600 g/mol. The number of hydrogen-bond acceptors (Lipinski definition) is 10. The van der Waals surface area contributed by atoms with Gasteiger partial charge in [0.2, 0.25) is 0 Å². The Labute approximate surface area is 687 Å². The largest absolute Gasteiger partial charge is 5.00 e. The quantitative estimate of drug-likeness (QED) is 0.189. The van der Waals surface area contributed by atoms with Crippen molar-refractivity contribution in [3.05, 3.63) is 116 Å². The Morgan fingerprint density at radius 3 is 0.541 bits per heavy atom. The van der Waals surface area contributed by atoms with E-state index in [1.54, 1.807) is 27.9 Å². The molecule has 0 aromatic heterocycles. The molecule has 5 fully saturated rings. The van der Waals surface area contributed by atoms with E-state index in [1.165, 1.54) is 92.1 Å². The van der Waals surface area contributed by atoms with Gasteiger partial charge in [-0.2, -0.15) is 0 Å². The first-order valence-corrected chi connectivity index (χ1v) is 44.5. The van der Waals surface area contributed by atoms with Crippen molar-refractivity contribution in [3.63, 3.8) is 0 Å². The smallest absolute Gasteiger partial charge is 0.550 e. The normalized spacial score (nSPS) is 40.9. The van der Waals surface area contributed by atoms with Crippen molar-refractivity contribution in [2.45, 2.75) is 331 Å². The van der Waals surface area contributed by atoms with Gasteiger partial charge in [0.1, 0.15) is 0 Å². The molecule has 610 valence electrons. The first-order chi connectivity index (χ1) is 51.4. The predicted molar refractivity (Wildman–Crippen MR) is 435 cm³/mol. The summed E-state index contributed by atoms with van der Waals surface area (Å²) in [6, 6.07) is 0. The van der Waals surface area contributed by atoms with Crippen LogP contribution in [0.3, 0.4) is 0 Å². The molecule has 10 nitrogen and oxygen atoms in total. The number of hydrogen-bond donors (Lipinski definition) is 0. The molecule has 111 heavy (non-hydrogen) atoms. The molecule has 20 atom stereocenters. The number of fused-ring (bicyclic) bond motifs is 15. The van der Waals surface area contributed by atoms with Gasteiger partial charge in [-0.1, -0.05) is 259 Å². The second-order valence-corrected chi connectivity index (χ2v) is 42.6. The zero-order valence-corrected chi connectivity index (χ0v) is 74.9. The van der Waals surface area contributed by atoms with Gasteiger partial charge in [-0.3, -0.25) is 0 Å². The minimum Gasteiger partial charge on any atom is -0.550 e. The van der Waals surface area contributed by atoms with Crippen LogP contribution in [0.4, 0.5) is 0 Å². The van der Waals surface area contributed by atoms with Crippen LogP contribution >= 0.6 is 0 Å². The molecule has 15 aliphatic rings. The van der Waals surface area contributed by atoms with E-state index in [0.29, 0.717) is 59.2 Å². The van der Waals surface area contributed by atoms with Crippen molar-refractivity contribution in [1.29, 1.82) is 0 Å². The van der Waals surface area contributed by atoms with Crippen molar-refractivity contribution in [2.24, 2.45) is 143 Å². The maximum Gasteiger partial charge on any atom is 5.00 e. The third-order valence-corrected chi connectivity index (χ3v) is 35.2. The van der Waals surface area contributed by atoms with E-state index in [9.17, 15) is 49.5 Å². The molecule has 11 heteroatoms. The Hall–Kier alpha value is -4.51. The summed E-state index contributed by atoms with van der Waals surface area (Å²) in [6.45, 7) is 44.1. The summed E-state index contributed by atoms with van der Waals surface area (Å²) in [5.41, 5.74) is 12.5. The second-order valence-electron chi connectivity index (χ2n) is 42.6. The van der Waals surface area contributed by atoms with Gasteiger partial charge in [0.05, 0.1) is 0 Å². The average Bonchev–Trinajstić information content (AvgIpc) is 0.751. The van der Waals surface area contributed by atoms with E-state index in [0.717, 1.165) is 128 Å². The van der Waals surface area contributed by atoms with E-state index in [-0.39, 0.29) is 79.0 Å². The van der Waals surface area contributed by atoms with Crippen LogP contribution in [0.25, 0.3) is 0 Å². The van der Waals surface area contributed by atoms with Crippen molar-refractivity contribution in [1.82, 2.24) is 0 Å². The van der Waals surface area contributed by atoms with Crippen LogP contribution in [0.2, 0.25) is 0 Å². The van der Waals surface area contributed by atoms with Crippen LogP contribution in [0.1, 0.15) is 331 Å². The van der Waals surface area contributed by atoms with Crippen molar-refractivity contribution in [3.8, 4) is 0 Å². The molecule has 0 aromatic rings. The van der Waals surface area contributed by atoms with Gasteiger partial charge in [-0.25, -0.2) is 0 Å². The summed E-state index contributed by atoms with van der Waals surface area (Å²) in [7, 11) is 0. The first-order valence-electron chi connectivity index (χ1n) is 44.5. The number of allylic oxidation sites excluding steroid dienone is 20. The van der Waals surface area contributed by atoms with Crippen molar-refractivity contribution >= 4 is 29.8 Å². The summed E-state index contributed by atoms with van der Waals surface area (Å²) < 4.78 is 0. The minimum absolute atomic E-state index is 0. The van der Waals surface area contributed by atoms with Gasteiger partial charge in [-0.05, 0) is 304 Å². The Morgan fingerprint density at radius 1 is 0.270 bits per heavy atom. The molecule has 0 bridgehead atoms. The van der Waals surface area contributed by atoms with Gasteiger partial charge < -0.3 is 49.5 Å². The van der Waals surface area contributed by atoms with Gasteiger partial charge in [0.15, 0.2) is 0 Å². The van der Waals surface area contributed by atoms with Crippen LogP contribution in [0, 0.1) is 143 Å². The number of carboxylic acids is 5. The molecule has 5 saturated carbocycles. The molecule has 0 unspecified atom stereocenters. The van der Waals surface area contributed by atoms with Crippen LogP contribution < -0.4 is 25.5 Å². The van der Waals surface area contributed by atoms with E-state index in [4.69, 9.17) is 0 Å². The Bertz CT molecular complexity index is 3290. The monoisotopic (exact) mass is 1600 g/mol. The molecule has 0 spiro atoms. The van der Waals surface area contributed by atoms with Crippen LogP contribution in [0.15, 0.2) is 116 Å². The van der Waals surface area contributed by atoms with Crippen LogP contribution in [0.5, 0.6) is 0 Å². The van der Waals surface area contributed by atoms with Gasteiger partial charge in [0, 0.05) is 56.9 Å². The standard InChI is InChI=1S/5C20H30O2.Nb/c5*1-13(2)14-6-8-16-15(12-14)7-9-17-19(16,3)10-5-11-20(17,4)18(21)22;/h5*7,12-13,16-17H,5-6,8-11H2,1-4H3,(H,21,22);/q;;;;;+5/p-5/t5*16-,17+,19+,20+;/m00000./s1. The van der Waals surface area contributed by atoms with Gasteiger partial charge >= 0.3 is 22.4 Å². The van der Waals surface area contributed by atoms with E-state index in [2.05, 4.69) is 165 Å². The van der Waals surface area contributed by atoms with Crippen LogP contribution in [-0.2, 0) is 46.4 Å². The van der Waals surface area contributed by atoms with Crippen molar-refractivity contribution < 1.29 is 71.9 Å². The Balaban J connectivity index is 0.000000147. The number of carbonyl (C=O) groups is 5. The number of rotatable bonds is 10. The molecule has 0 amide bonds. The fourth-order valence-electron chi connectivity index (χ4n) is 27.9. The predicted octanol–water partition coefficient (Wildman–Crippen LogP) is 19.4. The molecule has 0 saturated heterocycles. The molecule has 15 aliphatic carbocycles. The van der Waals surface area contributed by atoms with E-state index >= 15 is 0 Å². The second kappa shape index (κ2) is 33.5. The summed E-state index contributed by atoms with van der Waals surface area (Å²) in [4.78, 5) is 59.2. The molecule has 0 radical (unpaired) electrons. The molecule has 0 aliphatic heterocycles. The van der Waals surface area contributed by atoms with Crippen LogP contribution in [-0.4, -0.2) is 29.8 Å². The summed E-state index contributed by atoms with van der Waals surface area (Å²) in [5.74, 6) is 2.69. The summed E-state index contributed by atoms with van der Waals surface area (Å²) in [5, 5.41) is 59.2. The zero-order valence-electron chi connectivity index (χ0n) is 72.7. The fourth-order valence-corrected chi connectivity index (χ4v) is 27.9. The maximum atomic E-state index is 11.8. The molecular weight excluding hydrogens is 1450 g/mol. The Kier molecular flexibility index (Phi) is 26.8. The topological polar surface area (TPSA) is 201 Å².